The predicted molar refractivity (Wildman–Crippen MR) is 110 cm³/mol. The number of hydrogen-bond donors (Lipinski definition) is 2. The van der Waals surface area contributed by atoms with Crippen molar-refractivity contribution < 1.29 is 26.7 Å². The fourth-order valence-corrected chi connectivity index (χ4v) is 5.45. The van der Waals surface area contributed by atoms with Gasteiger partial charge in [-0.05, 0) is 49.6 Å². The largest absolute Gasteiger partial charge is 0.481 e. The van der Waals surface area contributed by atoms with Gasteiger partial charge in [-0.3, -0.25) is 9.10 Å². The summed E-state index contributed by atoms with van der Waals surface area (Å²) in [5.74, 6) is -1.01. The Morgan fingerprint density at radius 2 is 1.66 bits per heavy atom. The van der Waals surface area contributed by atoms with Crippen LogP contribution in [0.3, 0.4) is 0 Å². The van der Waals surface area contributed by atoms with E-state index < -0.39 is 26.0 Å². The average Bonchev–Trinajstić information content (AvgIpc) is 2.65. The van der Waals surface area contributed by atoms with Crippen LogP contribution in [0.4, 0.5) is 5.69 Å². The number of hydrogen-bond acceptors (Lipinski definition) is 5. The summed E-state index contributed by atoms with van der Waals surface area (Å²) in [6, 6.07) is 10.8. The molecule has 0 heterocycles. The molecule has 0 radical (unpaired) electrons. The Kier molecular flexibility index (Phi) is 7.04. The zero-order valence-electron chi connectivity index (χ0n) is 16.4. The fourth-order valence-electron chi connectivity index (χ4n) is 2.85. The molecule has 29 heavy (non-hydrogen) atoms. The van der Waals surface area contributed by atoms with Crippen molar-refractivity contribution in [2.24, 2.45) is 0 Å². The number of carbonyl (C=O) groups is 1. The van der Waals surface area contributed by atoms with Crippen LogP contribution in [0.15, 0.2) is 52.3 Å². The molecule has 0 atom stereocenters. The third kappa shape index (κ3) is 5.34. The molecular weight excluding hydrogens is 416 g/mol. The normalized spacial score (nSPS) is 12.0. The molecule has 0 amide bonds. The van der Waals surface area contributed by atoms with Crippen LogP contribution in [-0.2, 0) is 24.8 Å². The predicted octanol–water partition coefficient (Wildman–Crippen LogP) is 2.27. The number of nitrogens with zero attached hydrogens (tertiary/aromatic N) is 1. The Bertz CT molecular complexity index is 1100. The van der Waals surface area contributed by atoms with Crippen LogP contribution >= 0.6 is 0 Å². The molecule has 0 aliphatic rings. The van der Waals surface area contributed by atoms with E-state index in [0.717, 1.165) is 4.31 Å². The van der Waals surface area contributed by atoms with Crippen LogP contribution in [-0.4, -0.2) is 41.5 Å². The van der Waals surface area contributed by atoms with Crippen molar-refractivity contribution in [2.75, 3.05) is 17.9 Å². The number of carboxylic acids is 1. The number of anilines is 1. The van der Waals surface area contributed by atoms with E-state index in [1.165, 1.54) is 25.2 Å². The van der Waals surface area contributed by atoms with Crippen LogP contribution < -0.4 is 9.03 Å². The Hall–Kier alpha value is -2.43. The van der Waals surface area contributed by atoms with Gasteiger partial charge in [0.05, 0.1) is 15.5 Å². The van der Waals surface area contributed by atoms with Crippen LogP contribution in [0.25, 0.3) is 0 Å². The Morgan fingerprint density at radius 1 is 1.03 bits per heavy atom. The minimum atomic E-state index is -3.94. The Morgan fingerprint density at radius 3 is 2.24 bits per heavy atom. The number of sulfonamides is 2. The molecule has 0 fully saturated rings. The first kappa shape index (κ1) is 22.9. The van der Waals surface area contributed by atoms with E-state index >= 15 is 0 Å². The summed E-state index contributed by atoms with van der Waals surface area (Å²) >= 11 is 0. The molecule has 0 aliphatic carbocycles. The van der Waals surface area contributed by atoms with Crippen molar-refractivity contribution >= 4 is 31.7 Å². The monoisotopic (exact) mass is 440 g/mol. The van der Waals surface area contributed by atoms with Crippen molar-refractivity contribution in [1.82, 2.24) is 4.72 Å². The lowest BCUT2D eigenvalue weighted by Crippen LogP contribution is -2.29. The molecule has 0 saturated heterocycles. The smallest absolute Gasteiger partial charge is 0.303 e. The van der Waals surface area contributed by atoms with Crippen molar-refractivity contribution in [3.63, 3.8) is 0 Å². The van der Waals surface area contributed by atoms with E-state index in [4.69, 9.17) is 5.11 Å². The maximum Gasteiger partial charge on any atom is 0.303 e. The van der Waals surface area contributed by atoms with Gasteiger partial charge in [-0.1, -0.05) is 24.3 Å². The summed E-state index contributed by atoms with van der Waals surface area (Å²) in [6.07, 6.45) is -0.00662. The molecule has 2 aromatic rings. The highest BCUT2D eigenvalue weighted by molar-refractivity contribution is 7.92. The lowest BCUT2D eigenvalue weighted by atomic mass is 10.1. The molecule has 0 aromatic heterocycles. The number of aryl methyl sites for hydroxylation is 2. The minimum absolute atomic E-state index is 0.0323. The van der Waals surface area contributed by atoms with E-state index in [9.17, 15) is 21.6 Å². The van der Waals surface area contributed by atoms with Crippen LogP contribution in [0.1, 0.15) is 24.0 Å². The van der Waals surface area contributed by atoms with Crippen LogP contribution in [0.2, 0.25) is 0 Å². The van der Waals surface area contributed by atoms with Gasteiger partial charge in [0.1, 0.15) is 0 Å². The summed E-state index contributed by atoms with van der Waals surface area (Å²) < 4.78 is 54.6. The highest BCUT2D eigenvalue weighted by Gasteiger charge is 2.25. The molecule has 8 nitrogen and oxygen atoms in total. The zero-order chi connectivity index (χ0) is 21.8. The molecule has 0 aliphatic heterocycles. The van der Waals surface area contributed by atoms with E-state index in [-0.39, 0.29) is 34.9 Å². The van der Waals surface area contributed by atoms with Gasteiger partial charge < -0.3 is 5.11 Å². The number of benzene rings is 2. The molecule has 0 bridgehead atoms. The minimum Gasteiger partial charge on any atom is -0.481 e. The first-order chi connectivity index (χ1) is 13.5. The second kappa shape index (κ2) is 8.93. The van der Waals surface area contributed by atoms with Gasteiger partial charge in [0.15, 0.2) is 0 Å². The topological polar surface area (TPSA) is 121 Å². The van der Waals surface area contributed by atoms with E-state index in [0.29, 0.717) is 11.1 Å². The molecule has 0 spiro atoms. The molecule has 2 aromatic carbocycles. The molecule has 0 saturated carbocycles. The third-order valence-electron chi connectivity index (χ3n) is 4.38. The van der Waals surface area contributed by atoms with Crippen molar-refractivity contribution in [1.29, 1.82) is 0 Å². The summed E-state index contributed by atoms with van der Waals surface area (Å²) in [4.78, 5) is 10.6. The Labute approximate surface area is 171 Å². The molecule has 10 heteroatoms. The lowest BCUT2D eigenvalue weighted by molar-refractivity contribution is -0.137. The number of carboxylic acid groups (broad SMARTS) is 1. The summed E-state index contributed by atoms with van der Waals surface area (Å²) in [5.41, 5.74) is 1.31. The molecule has 0 unspecified atom stereocenters. The van der Waals surface area contributed by atoms with Crippen molar-refractivity contribution in [3.05, 3.63) is 53.6 Å². The Balaban J connectivity index is 2.39. The first-order valence-corrected chi connectivity index (χ1v) is 11.8. The second-order valence-electron chi connectivity index (χ2n) is 6.58. The SMILES string of the molecule is Cc1cc(C)c(S(=O)(=O)NCCCC(=O)O)cc1N(C)S(=O)(=O)c1ccccc1. The zero-order valence-corrected chi connectivity index (χ0v) is 18.0. The first-order valence-electron chi connectivity index (χ1n) is 8.83. The van der Waals surface area contributed by atoms with Gasteiger partial charge in [-0.25, -0.2) is 21.6 Å². The highest BCUT2D eigenvalue weighted by Crippen LogP contribution is 2.30. The van der Waals surface area contributed by atoms with E-state index in [1.807, 2.05) is 0 Å². The molecule has 2 rings (SSSR count). The highest BCUT2D eigenvalue weighted by atomic mass is 32.2. The standard InChI is InChI=1S/C19H24N2O6S2/c1-14-12-15(2)18(28(24,25)20-11-7-10-19(22)23)13-17(14)21(3)29(26,27)16-8-5-4-6-9-16/h4-6,8-9,12-13,20H,7,10-11H2,1-3H3,(H,22,23). The fraction of sp³-hybridized carbons (Fsp3) is 0.316. The van der Waals surface area contributed by atoms with E-state index in [1.54, 1.807) is 38.1 Å². The molecule has 158 valence electrons. The quantitative estimate of drug-likeness (QED) is 0.577. The summed E-state index contributed by atoms with van der Waals surface area (Å²) in [7, 11) is -6.43. The molecule has 2 N–H and O–H groups in total. The van der Waals surface area contributed by atoms with Gasteiger partial charge in [0.2, 0.25) is 10.0 Å². The van der Waals surface area contributed by atoms with Gasteiger partial charge in [0.25, 0.3) is 10.0 Å². The lowest BCUT2D eigenvalue weighted by Gasteiger charge is -2.23. The van der Waals surface area contributed by atoms with Gasteiger partial charge in [0, 0.05) is 20.0 Å². The van der Waals surface area contributed by atoms with Gasteiger partial charge in [-0.2, -0.15) is 0 Å². The van der Waals surface area contributed by atoms with Gasteiger partial charge in [-0.15, -0.1) is 0 Å². The number of rotatable bonds is 9. The van der Waals surface area contributed by atoms with Gasteiger partial charge >= 0.3 is 5.97 Å². The summed E-state index contributed by atoms with van der Waals surface area (Å²) in [6.45, 7) is 3.29. The number of aliphatic carboxylic acids is 1. The van der Waals surface area contributed by atoms with E-state index in [2.05, 4.69) is 4.72 Å². The van der Waals surface area contributed by atoms with Crippen molar-refractivity contribution in [3.8, 4) is 0 Å². The van der Waals surface area contributed by atoms with Crippen LogP contribution in [0, 0.1) is 13.8 Å². The third-order valence-corrected chi connectivity index (χ3v) is 7.77. The maximum absolute atomic E-state index is 12.9. The molecular formula is C19H24N2O6S2. The second-order valence-corrected chi connectivity index (χ2v) is 10.3. The summed E-state index contributed by atoms with van der Waals surface area (Å²) in [5, 5.41) is 8.66. The maximum atomic E-state index is 12.9. The number of nitrogens with one attached hydrogen (secondary N) is 1. The van der Waals surface area contributed by atoms with Crippen LogP contribution in [0.5, 0.6) is 0 Å². The van der Waals surface area contributed by atoms with Crippen molar-refractivity contribution in [2.45, 2.75) is 36.5 Å². The average molecular weight is 441 g/mol.